The van der Waals surface area contributed by atoms with Crippen LogP contribution in [0.4, 0.5) is 0 Å². The van der Waals surface area contributed by atoms with Gasteiger partial charge >= 0.3 is 5.69 Å². The van der Waals surface area contributed by atoms with E-state index in [1.54, 1.807) is 7.11 Å². The molecule has 3 rings (SSSR count). The van der Waals surface area contributed by atoms with Crippen molar-refractivity contribution in [3.05, 3.63) is 49.1 Å². The lowest BCUT2D eigenvalue weighted by molar-refractivity contribution is 0.0972. The maximum atomic E-state index is 13.1. The van der Waals surface area contributed by atoms with Crippen LogP contribution in [0, 0.1) is 13.8 Å². The second-order valence-electron chi connectivity index (χ2n) is 7.23. The van der Waals surface area contributed by atoms with Gasteiger partial charge in [-0.15, -0.1) is 0 Å². The number of imidazole rings is 1. The number of hydrogen-bond acceptors (Lipinski definition) is 5. The minimum Gasteiger partial charge on any atom is -0.383 e. The van der Waals surface area contributed by atoms with Crippen LogP contribution >= 0.6 is 11.6 Å². The summed E-state index contributed by atoms with van der Waals surface area (Å²) in [6.07, 6.45) is 0. The van der Waals surface area contributed by atoms with Crippen LogP contribution in [-0.4, -0.2) is 42.8 Å². The standard InChI is InChI=1S/C19H24ClN5O4/c1-10-7-13(12(3)25(10)11(2)9-29-6)14(26)8-24-15-16(21-18(24)20)22(4)19(28)23(5)17(15)27/h7,11H,8-9H2,1-6H3. The van der Waals surface area contributed by atoms with Crippen molar-refractivity contribution in [1.29, 1.82) is 0 Å². The Morgan fingerprint density at radius 2 is 1.90 bits per heavy atom. The summed E-state index contributed by atoms with van der Waals surface area (Å²) in [5.41, 5.74) is 1.52. The number of fused-ring (bicyclic) bond motifs is 1. The van der Waals surface area contributed by atoms with E-state index in [9.17, 15) is 14.4 Å². The van der Waals surface area contributed by atoms with Gasteiger partial charge in [0.2, 0.25) is 5.28 Å². The number of halogens is 1. The number of aryl methyl sites for hydroxylation is 2. The molecule has 0 fully saturated rings. The number of methoxy groups -OCH3 is 1. The van der Waals surface area contributed by atoms with E-state index in [0.717, 1.165) is 16.0 Å². The van der Waals surface area contributed by atoms with Gasteiger partial charge < -0.3 is 13.9 Å². The molecule has 0 radical (unpaired) electrons. The van der Waals surface area contributed by atoms with Crippen molar-refractivity contribution in [3.63, 3.8) is 0 Å². The summed E-state index contributed by atoms with van der Waals surface area (Å²) in [7, 11) is 4.52. The Labute approximate surface area is 172 Å². The first-order valence-electron chi connectivity index (χ1n) is 9.12. The predicted octanol–water partition coefficient (Wildman–Crippen LogP) is 1.60. The van der Waals surface area contributed by atoms with Crippen molar-refractivity contribution < 1.29 is 9.53 Å². The Morgan fingerprint density at radius 3 is 2.52 bits per heavy atom. The second-order valence-corrected chi connectivity index (χ2v) is 7.57. The molecule has 29 heavy (non-hydrogen) atoms. The number of ether oxygens (including phenoxy) is 1. The minimum absolute atomic E-state index is 0.0202. The van der Waals surface area contributed by atoms with Gasteiger partial charge in [-0.1, -0.05) is 0 Å². The van der Waals surface area contributed by atoms with Gasteiger partial charge in [-0.25, -0.2) is 4.79 Å². The maximum Gasteiger partial charge on any atom is 0.332 e. The van der Waals surface area contributed by atoms with E-state index in [1.807, 2.05) is 31.4 Å². The number of aromatic nitrogens is 5. The van der Waals surface area contributed by atoms with Gasteiger partial charge in [-0.05, 0) is 38.4 Å². The number of nitrogens with zero attached hydrogens (tertiary/aromatic N) is 5. The smallest absolute Gasteiger partial charge is 0.332 e. The summed E-state index contributed by atoms with van der Waals surface area (Å²) in [4.78, 5) is 42.0. The highest BCUT2D eigenvalue weighted by Gasteiger charge is 2.23. The third-order valence-electron chi connectivity index (χ3n) is 5.24. The molecule has 3 aromatic heterocycles. The van der Waals surface area contributed by atoms with Crippen LogP contribution in [-0.2, 0) is 25.4 Å². The molecule has 0 spiro atoms. The zero-order valence-electron chi connectivity index (χ0n) is 17.3. The molecule has 0 aliphatic rings. The molecule has 0 bridgehead atoms. The Hall–Kier alpha value is -2.65. The van der Waals surface area contributed by atoms with Crippen LogP contribution in [0.3, 0.4) is 0 Å². The molecular weight excluding hydrogens is 398 g/mol. The molecule has 0 N–H and O–H groups in total. The monoisotopic (exact) mass is 421 g/mol. The zero-order valence-corrected chi connectivity index (χ0v) is 18.1. The summed E-state index contributed by atoms with van der Waals surface area (Å²) in [5, 5.41) is -0.0202. The third-order valence-corrected chi connectivity index (χ3v) is 5.53. The van der Waals surface area contributed by atoms with Gasteiger partial charge in [-0.2, -0.15) is 4.98 Å². The van der Waals surface area contributed by atoms with Gasteiger partial charge in [0.15, 0.2) is 16.9 Å². The first-order chi connectivity index (χ1) is 13.6. The predicted molar refractivity (Wildman–Crippen MR) is 110 cm³/mol. The van der Waals surface area contributed by atoms with E-state index >= 15 is 0 Å². The average Bonchev–Trinajstić information content (AvgIpc) is 3.15. The highest BCUT2D eigenvalue weighted by molar-refractivity contribution is 6.29. The molecule has 0 amide bonds. The van der Waals surface area contributed by atoms with Crippen LogP contribution in [0.25, 0.3) is 11.2 Å². The lowest BCUT2D eigenvalue weighted by atomic mass is 10.1. The highest BCUT2D eigenvalue weighted by atomic mass is 35.5. The average molecular weight is 422 g/mol. The third kappa shape index (κ3) is 3.34. The van der Waals surface area contributed by atoms with Crippen LogP contribution in [0.1, 0.15) is 34.7 Å². The van der Waals surface area contributed by atoms with Crippen molar-refractivity contribution in [2.45, 2.75) is 33.4 Å². The quantitative estimate of drug-likeness (QED) is 0.445. The van der Waals surface area contributed by atoms with Crippen LogP contribution in [0.5, 0.6) is 0 Å². The van der Waals surface area contributed by atoms with E-state index in [0.29, 0.717) is 12.2 Å². The first-order valence-corrected chi connectivity index (χ1v) is 9.50. The van der Waals surface area contributed by atoms with E-state index < -0.39 is 11.2 Å². The molecule has 0 saturated carbocycles. The summed E-state index contributed by atoms with van der Waals surface area (Å²) in [5.74, 6) is -0.203. The SMILES string of the molecule is COCC(C)n1c(C)cc(C(=O)Cn2c(Cl)nc3c2c(=O)n(C)c(=O)n3C)c1C. The van der Waals surface area contributed by atoms with Crippen molar-refractivity contribution in [2.75, 3.05) is 13.7 Å². The van der Waals surface area contributed by atoms with Gasteiger partial charge in [0.25, 0.3) is 5.56 Å². The van der Waals surface area contributed by atoms with Crippen molar-refractivity contribution in [2.24, 2.45) is 14.1 Å². The van der Waals surface area contributed by atoms with Gasteiger partial charge in [-0.3, -0.25) is 18.7 Å². The highest BCUT2D eigenvalue weighted by Crippen LogP contribution is 2.23. The van der Waals surface area contributed by atoms with Crippen molar-refractivity contribution >= 4 is 28.5 Å². The molecule has 9 nitrogen and oxygen atoms in total. The normalized spacial score (nSPS) is 12.7. The Kier molecular flexibility index (Phi) is 5.55. The molecule has 3 aromatic rings. The van der Waals surface area contributed by atoms with E-state index in [2.05, 4.69) is 4.98 Å². The number of carbonyl (C=O) groups is 1. The Morgan fingerprint density at radius 1 is 1.24 bits per heavy atom. The topological polar surface area (TPSA) is 93.1 Å². The molecule has 0 aliphatic heterocycles. The Bertz CT molecular complexity index is 1230. The maximum absolute atomic E-state index is 13.1. The molecule has 1 atom stereocenters. The molecule has 3 heterocycles. The molecular formula is C19H24ClN5O4. The van der Waals surface area contributed by atoms with Crippen LogP contribution < -0.4 is 11.2 Å². The van der Waals surface area contributed by atoms with Crippen molar-refractivity contribution in [1.82, 2.24) is 23.3 Å². The van der Waals surface area contributed by atoms with Crippen molar-refractivity contribution in [3.8, 4) is 0 Å². The van der Waals surface area contributed by atoms with Gasteiger partial charge in [0, 0.05) is 38.2 Å². The van der Waals surface area contributed by atoms with Crippen LogP contribution in [0.15, 0.2) is 15.7 Å². The van der Waals surface area contributed by atoms with E-state index in [1.165, 1.54) is 23.2 Å². The fraction of sp³-hybridized carbons (Fsp3) is 0.474. The first kappa shape index (κ1) is 21.1. The summed E-state index contributed by atoms with van der Waals surface area (Å²) < 4.78 is 10.8. The van der Waals surface area contributed by atoms with Gasteiger partial charge in [0.05, 0.1) is 19.2 Å². The minimum atomic E-state index is -0.547. The number of carbonyl (C=O) groups excluding carboxylic acids is 1. The lowest BCUT2D eigenvalue weighted by Crippen LogP contribution is -2.37. The number of hydrogen-bond donors (Lipinski definition) is 0. The summed E-state index contributed by atoms with van der Waals surface area (Å²) in [6, 6.07) is 1.89. The Balaban J connectivity index is 2.08. The number of ketones is 1. The van der Waals surface area contributed by atoms with E-state index in [4.69, 9.17) is 16.3 Å². The second kappa shape index (κ2) is 7.64. The van der Waals surface area contributed by atoms with E-state index in [-0.39, 0.29) is 34.8 Å². The lowest BCUT2D eigenvalue weighted by Gasteiger charge is -2.17. The van der Waals surface area contributed by atoms with Crippen LogP contribution in [0.2, 0.25) is 5.28 Å². The number of Topliss-reactive ketones (excluding diaryl/α,β-unsaturated/α-hetero) is 1. The zero-order chi connectivity index (χ0) is 21.6. The largest absolute Gasteiger partial charge is 0.383 e. The fourth-order valence-electron chi connectivity index (χ4n) is 3.85. The molecule has 156 valence electrons. The molecule has 0 saturated heterocycles. The summed E-state index contributed by atoms with van der Waals surface area (Å²) in [6.45, 7) is 6.18. The molecule has 0 aromatic carbocycles. The molecule has 1 unspecified atom stereocenters. The summed E-state index contributed by atoms with van der Waals surface area (Å²) >= 11 is 6.23. The molecule has 0 aliphatic carbocycles. The molecule has 10 heteroatoms. The fourth-order valence-corrected chi connectivity index (χ4v) is 4.07. The number of rotatable bonds is 6. The van der Waals surface area contributed by atoms with Gasteiger partial charge in [0.1, 0.15) is 0 Å².